The van der Waals surface area contributed by atoms with E-state index in [0.717, 1.165) is 30.5 Å². The van der Waals surface area contributed by atoms with E-state index in [1.54, 1.807) is 6.20 Å². The standard InChI is InChI=1S/C15H18N4O2/c20-12-7-11-8-19(5-4-18(11)9-12)15(21)13-6-10-2-1-3-16-14(10)17-13/h1-3,6,11-12,20H,4-5,7-9H2,(H,16,17)/t11-,12+/m0/s1. The maximum atomic E-state index is 12.6. The molecule has 6 nitrogen and oxygen atoms in total. The van der Waals surface area contributed by atoms with Crippen LogP contribution in [-0.4, -0.2) is 69.1 Å². The molecule has 2 aliphatic heterocycles. The summed E-state index contributed by atoms with van der Waals surface area (Å²) in [5.41, 5.74) is 1.34. The lowest BCUT2D eigenvalue weighted by Gasteiger charge is -2.37. The van der Waals surface area contributed by atoms with Crippen LogP contribution >= 0.6 is 0 Å². The Balaban J connectivity index is 1.54. The molecule has 110 valence electrons. The van der Waals surface area contributed by atoms with Crippen molar-refractivity contribution in [3.63, 3.8) is 0 Å². The third-order valence-electron chi connectivity index (χ3n) is 4.50. The number of carbonyl (C=O) groups is 1. The highest BCUT2D eigenvalue weighted by Gasteiger charge is 2.37. The number of hydrogen-bond acceptors (Lipinski definition) is 4. The normalized spacial score (nSPS) is 26.2. The topological polar surface area (TPSA) is 72.5 Å². The van der Waals surface area contributed by atoms with E-state index in [0.29, 0.717) is 24.8 Å². The van der Waals surface area contributed by atoms with E-state index in [4.69, 9.17) is 0 Å². The average molecular weight is 286 g/mol. The second-order valence-electron chi connectivity index (χ2n) is 5.91. The van der Waals surface area contributed by atoms with Gasteiger partial charge in [-0.25, -0.2) is 4.98 Å². The highest BCUT2D eigenvalue weighted by molar-refractivity contribution is 5.97. The number of piperazine rings is 1. The summed E-state index contributed by atoms with van der Waals surface area (Å²) in [6.45, 7) is 2.98. The van der Waals surface area contributed by atoms with Crippen LogP contribution in [0.3, 0.4) is 0 Å². The summed E-state index contributed by atoms with van der Waals surface area (Å²) in [4.78, 5) is 24.1. The number of amides is 1. The van der Waals surface area contributed by atoms with Crippen molar-refractivity contribution in [1.82, 2.24) is 19.8 Å². The lowest BCUT2D eigenvalue weighted by Crippen LogP contribution is -2.52. The largest absolute Gasteiger partial charge is 0.392 e. The van der Waals surface area contributed by atoms with E-state index in [1.807, 2.05) is 23.1 Å². The Morgan fingerprint density at radius 1 is 1.38 bits per heavy atom. The summed E-state index contributed by atoms with van der Waals surface area (Å²) in [7, 11) is 0. The fraction of sp³-hybridized carbons (Fsp3) is 0.467. The average Bonchev–Trinajstić information content (AvgIpc) is 3.07. The summed E-state index contributed by atoms with van der Waals surface area (Å²) in [6, 6.07) is 5.96. The molecule has 21 heavy (non-hydrogen) atoms. The number of H-pyrrole nitrogens is 1. The van der Waals surface area contributed by atoms with Crippen molar-refractivity contribution in [2.75, 3.05) is 26.2 Å². The minimum Gasteiger partial charge on any atom is -0.392 e. The minimum absolute atomic E-state index is 0.0223. The molecular formula is C15H18N4O2. The number of aromatic amines is 1. The van der Waals surface area contributed by atoms with Crippen LogP contribution in [0.15, 0.2) is 24.4 Å². The predicted octanol–water partition coefficient (Wildman–Crippen LogP) is 0.454. The van der Waals surface area contributed by atoms with Gasteiger partial charge in [0.2, 0.25) is 0 Å². The quantitative estimate of drug-likeness (QED) is 0.798. The lowest BCUT2D eigenvalue weighted by molar-refractivity contribution is 0.0564. The number of aliphatic hydroxyl groups is 1. The molecule has 0 unspecified atom stereocenters. The van der Waals surface area contributed by atoms with Gasteiger partial charge < -0.3 is 15.0 Å². The molecule has 0 radical (unpaired) electrons. The van der Waals surface area contributed by atoms with Crippen molar-refractivity contribution in [2.24, 2.45) is 0 Å². The van der Waals surface area contributed by atoms with Crippen LogP contribution in [-0.2, 0) is 0 Å². The maximum Gasteiger partial charge on any atom is 0.270 e. The second-order valence-corrected chi connectivity index (χ2v) is 5.91. The zero-order chi connectivity index (χ0) is 14.4. The Hall–Kier alpha value is -1.92. The van der Waals surface area contributed by atoms with Gasteiger partial charge in [0.1, 0.15) is 11.3 Å². The molecule has 0 aliphatic carbocycles. The number of hydrogen-bond donors (Lipinski definition) is 2. The van der Waals surface area contributed by atoms with Crippen molar-refractivity contribution >= 4 is 16.9 Å². The van der Waals surface area contributed by atoms with Crippen LogP contribution in [0.2, 0.25) is 0 Å². The van der Waals surface area contributed by atoms with Crippen molar-refractivity contribution in [3.05, 3.63) is 30.1 Å². The number of aliphatic hydroxyl groups excluding tert-OH is 1. The Kier molecular flexibility index (Phi) is 2.94. The second kappa shape index (κ2) is 4.82. The van der Waals surface area contributed by atoms with E-state index in [1.165, 1.54) is 0 Å². The van der Waals surface area contributed by atoms with E-state index < -0.39 is 0 Å². The van der Waals surface area contributed by atoms with Crippen LogP contribution in [0.1, 0.15) is 16.9 Å². The number of rotatable bonds is 1. The van der Waals surface area contributed by atoms with Crippen LogP contribution in [0, 0.1) is 0 Å². The fourth-order valence-corrected chi connectivity index (χ4v) is 3.44. The zero-order valence-electron chi connectivity index (χ0n) is 11.7. The number of nitrogens with one attached hydrogen (secondary N) is 1. The van der Waals surface area contributed by atoms with E-state index in [-0.39, 0.29) is 12.0 Å². The maximum absolute atomic E-state index is 12.6. The van der Waals surface area contributed by atoms with Gasteiger partial charge in [-0.1, -0.05) is 0 Å². The monoisotopic (exact) mass is 286 g/mol. The molecule has 6 heteroatoms. The smallest absolute Gasteiger partial charge is 0.270 e. The van der Waals surface area contributed by atoms with Crippen molar-refractivity contribution in [3.8, 4) is 0 Å². The first-order valence-electron chi connectivity index (χ1n) is 7.36. The van der Waals surface area contributed by atoms with Crippen LogP contribution in [0.25, 0.3) is 11.0 Å². The Morgan fingerprint density at radius 2 is 2.29 bits per heavy atom. The number of nitrogens with zero attached hydrogens (tertiary/aromatic N) is 3. The first kappa shape index (κ1) is 12.8. The van der Waals surface area contributed by atoms with Gasteiger partial charge in [0.05, 0.1) is 6.10 Å². The third-order valence-corrected chi connectivity index (χ3v) is 4.50. The number of carbonyl (C=O) groups excluding carboxylic acids is 1. The van der Waals surface area contributed by atoms with Crippen molar-refractivity contribution in [1.29, 1.82) is 0 Å². The molecule has 2 atom stereocenters. The molecule has 4 rings (SSSR count). The van der Waals surface area contributed by atoms with Gasteiger partial charge in [-0.15, -0.1) is 0 Å². The molecule has 0 bridgehead atoms. The molecule has 4 heterocycles. The zero-order valence-corrected chi connectivity index (χ0v) is 11.7. The number of fused-ring (bicyclic) bond motifs is 2. The first-order valence-corrected chi connectivity index (χ1v) is 7.36. The van der Waals surface area contributed by atoms with Gasteiger partial charge in [0.15, 0.2) is 0 Å². The third kappa shape index (κ3) is 2.20. The highest BCUT2D eigenvalue weighted by Crippen LogP contribution is 2.23. The molecule has 0 aromatic carbocycles. The Labute approximate surface area is 122 Å². The van der Waals surface area contributed by atoms with Crippen LogP contribution in [0.5, 0.6) is 0 Å². The van der Waals surface area contributed by atoms with Crippen molar-refractivity contribution < 1.29 is 9.90 Å². The first-order chi connectivity index (χ1) is 10.2. The fourth-order valence-electron chi connectivity index (χ4n) is 3.44. The highest BCUT2D eigenvalue weighted by atomic mass is 16.3. The molecule has 2 N–H and O–H groups in total. The van der Waals surface area contributed by atoms with E-state index >= 15 is 0 Å². The molecule has 0 saturated carbocycles. The Morgan fingerprint density at radius 3 is 3.14 bits per heavy atom. The van der Waals surface area contributed by atoms with E-state index in [9.17, 15) is 9.90 Å². The predicted molar refractivity (Wildman–Crippen MR) is 78.0 cm³/mol. The molecule has 2 aliphatic rings. The molecule has 2 aromatic heterocycles. The molecule has 2 saturated heterocycles. The van der Waals surface area contributed by atoms with Gasteiger partial charge in [-0.3, -0.25) is 9.69 Å². The molecular weight excluding hydrogens is 268 g/mol. The van der Waals surface area contributed by atoms with E-state index in [2.05, 4.69) is 14.9 Å². The Bertz CT molecular complexity index is 650. The van der Waals surface area contributed by atoms with Crippen molar-refractivity contribution in [2.45, 2.75) is 18.6 Å². The van der Waals surface area contributed by atoms with Gasteiger partial charge in [-0.05, 0) is 24.6 Å². The lowest BCUT2D eigenvalue weighted by atomic mass is 10.1. The van der Waals surface area contributed by atoms with Crippen LogP contribution < -0.4 is 0 Å². The summed E-state index contributed by atoms with van der Waals surface area (Å²) < 4.78 is 0. The van der Waals surface area contributed by atoms with Gasteiger partial charge in [0.25, 0.3) is 5.91 Å². The van der Waals surface area contributed by atoms with Crippen LogP contribution in [0.4, 0.5) is 0 Å². The number of aromatic nitrogens is 2. The van der Waals surface area contributed by atoms with Gasteiger partial charge >= 0.3 is 0 Å². The minimum atomic E-state index is -0.248. The molecule has 1 amide bonds. The SMILES string of the molecule is O=C(c1cc2cccnc2[nH]1)N1CCN2C[C@H](O)C[C@H]2C1. The van der Waals surface area contributed by atoms with Gasteiger partial charge in [0, 0.05) is 43.8 Å². The molecule has 2 aromatic rings. The number of pyridine rings is 1. The molecule has 0 spiro atoms. The summed E-state index contributed by atoms with van der Waals surface area (Å²) in [5, 5.41) is 10.7. The van der Waals surface area contributed by atoms with Gasteiger partial charge in [-0.2, -0.15) is 0 Å². The summed E-state index contributed by atoms with van der Waals surface area (Å²) >= 11 is 0. The summed E-state index contributed by atoms with van der Waals surface area (Å²) in [5.74, 6) is 0.0223. The summed E-state index contributed by atoms with van der Waals surface area (Å²) in [6.07, 6.45) is 2.23. The molecule has 2 fully saturated rings.